The van der Waals surface area contributed by atoms with Gasteiger partial charge in [-0.1, -0.05) is 12.1 Å². The molecule has 8 heteroatoms. The molecular weight excluding hydrogens is 346 g/mol. The lowest BCUT2D eigenvalue weighted by Crippen LogP contribution is -2.28. The van der Waals surface area contributed by atoms with Crippen LogP contribution in [-0.4, -0.2) is 41.3 Å². The summed E-state index contributed by atoms with van der Waals surface area (Å²) in [6, 6.07) is 7.44. The van der Waals surface area contributed by atoms with Crippen LogP contribution in [0.25, 0.3) is 0 Å². The maximum atomic E-state index is 12.5. The number of ether oxygens (including phenoxy) is 1. The number of H-pyrrole nitrogens is 1. The SMILES string of the molecule is O=C(NCc1cccc(NC(=O)C2CCCO2)c1)c1n[nH]c2c1CNCC2. The molecule has 2 aliphatic heterocycles. The number of nitrogens with one attached hydrogen (secondary N) is 4. The van der Waals surface area contributed by atoms with E-state index in [-0.39, 0.29) is 17.9 Å². The molecule has 2 aliphatic rings. The van der Waals surface area contributed by atoms with Crippen molar-refractivity contribution in [3.05, 3.63) is 46.8 Å². The Morgan fingerprint density at radius 3 is 3.11 bits per heavy atom. The molecule has 2 aromatic rings. The zero-order chi connectivity index (χ0) is 18.6. The van der Waals surface area contributed by atoms with Gasteiger partial charge in [0, 0.05) is 49.6 Å². The average Bonchev–Trinajstić information content (AvgIpc) is 3.36. The van der Waals surface area contributed by atoms with E-state index in [1.54, 1.807) is 0 Å². The minimum Gasteiger partial charge on any atom is -0.368 e. The van der Waals surface area contributed by atoms with Crippen molar-refractivity contribution >= 4 is 17.5 Å². The Kier molecular flexibility index (Phi) is 5.17. The van der Waals surface area contributed by atoms with Gasteiger partial charge in [-0.3, -0.25) is 14.7 Å². The molecule has 142 valence electrons. The third kappa shape index (κ3) is 4.01. The lowest BCUT2D eigenvalue weighted by atomic mass is 10.1. The summed E-state index contributed by atoms with van der Waals surface area (Å²) in [4.78, 5) is 24.6. The van der Waals surface area contributed by atoms with Crippen molar-refractivity contribution in [1.29, 1.82) is 0 Å². The summed E-state index contributed by atoms with van der Waals surface area (Å²) in [5.41, 5.74) is 4.01. The fourth-order valence-corrected chi connectivity index (χ4v) is 3.45. The largest absolute Gasteiger partial charge is 0.368 e. The van der Waals surface area contributed by atoms with Gasteiger partial charge in [-0.05, 0) is 30.5 Å². The van der Waals surface area contributed by atoms with E-state index >= 15 is 0 Å². The van der Waals surface area contributed by atoms with E-state index in [2.05, 4.69) is 26.1 Å². The van der Waals surface area contributed by atoms with Crippen molar-refractivity contribution in [1.82, 2.24) is 20.8 Å². The number of aromatic amines is 1. The maximum absolute atomic E-state index is 12.5. The topological polar surface area (TPSA) is 108 Å². The normalized spacial score (nSPS) is 18.7. The van der Waals surface area contributed by atoms with E-state index < -0.39 is 0 Å². The zero-order valence-corrected chi connectivity index (χ0v) is 15.0. The van der Waals surface area contributed by atoms with Gasteiger partial charge in [0.25, 0.3) is 11.8 Å². The van der Waals surface area contributed by atoms with E-state index in [1.807, 2.05) is 24.3 Å². The molecule has 1 aromatic heterocycles. The predicted octanol–water partition coefficient (Wildman–Crippen LogP) is 1.10. The number of rotatable bonds is 5. The number of aromatic nitrogens is 2. The maximum Gasteiger partial charge on any atom is 0.272 e. The number of amides is 2. The Balaban J connectivity index is 1.36. The molecule has 4 N–H and O–H groups in total. The molecule has 0 bridgehead atoms. The van der Waals surface area contributed by atoms with E-state index in [0.717, 1.165) is 42.6 Å². The van der Waals surface area contributed by atoms with Crippen molar-refractivity contribution in [3.63, 3.8) is 0 Å². The van der Waals surface area contributed by atoms with Gasteiger partial charge in [-0.25, -0.2) is 0 Å². The second-order valence-electron chi connectivity index (χ2n) is 6.83. The molecule has 2 amide bonds. The summed E-state index contributed by atoms with van der Waals surface area (Å²) in [5, 5.41) is 16.1. The number of nitrogens with zero attached hydrogens (tertiary/aromatic N) is 1. The molecule has 27 heavy (non-hydrogen) atoms. The second kappa shape index (κ2) is 7.89. The fourth-order valence-electron chi connectivity index (χ4n) is 3.45. The summed E-state index contributed by atoms with van der Waals surface area (Å²) in [6.45, 7) is 2.54. The first kappa shape index (κ1) is 17.7. The first-order chi connectivity index (χ1) is 13.2. The summed E-state index contributed by atoms with van der Waals surface area (Å²) < 4.78 is 5.40. The van der Waals surface area contributed by atoms with E-state index in [9.17, 15) is 9.59 Å². The van der Waals surface area contributed by atoms with Gasteiger partial charge in [0.15, 0.2) is 5.69 Å². The molecule has 1 fully saturated rings. The fraction of sp³-hybridized carbons (Fsp3) is 0.421. The molecule has 4 rings (SSSR count). The van der Waals surface area contributed by atoms with Crippen molar-refractivity contribution in [3.8, 4) is 0 Å². The van der Waals surface area contributed by atoms with Crippen LogP contribution in [0.5, 0.6) is 0 Å². The first-order valence-corrected chi connectivity index (χ1v) is 9.27. The monoisotopic (exact) mass is 369 g/mol. The molecule has 3 heterocycles. The standard InChI is InChI=1S/C19H23N5O3/c25-18(16-5-2-8-27-16)22-13-4-1-3-12(9-13)10-21-19(26)17-14-11-20-7-6-15(14)23-24-17/h1,3-4,9,16,20H,2,5-8,10-11H2,(H,21,26)(H,22,25)(H,23,24). The first-order valence-electron chi connectivity index (χ1n) is 9.27. The van der Waals surface area contributed by atoms with Crippen LogP contribution in [0.1, 0.15) is 40.2 Å². The third-order valence-electron chi connectivity index (χ3n) is 4.89. The highest BCUT2D eigenvalue weighted by Gasteiger charge is 2.24. The molecule has 8 nitrogen and oxygen atoms in total. The van der Waals surface area contributed by atoms with Gasteiger partial charge >= 0.3 is 0 Å². The van der Waals surface area contributed by atoms with Gasteiger partial charge in [0.2, 0.25) is 0 Å². The number of hydrogen-bond donors (Lipinski definition) is 4. The van der Waals surface area contributed by atoms with Crippen LogP contribution in [0.3, 0.4) is 0 Å². The highest BCUT2D eigenvalue weighted by atomic mass is 16.5. The van der Waals surface area contributed by atoms with Gasteiger partial charge in [-0.15, -0.1) is 0 Å². The number of fused-ring (bicyclic) bond motifs is 1. The van der Waals surface area contributed by atoms with Gasteiger partial charge in [0.1, 0.15) is 6.10 Å². The third-order valence-corrected chi connectivity index (χ3v) is 4.89. The number of carbonyl (C=O) groups is 2. The van der Waals surface area contributed by atoms with Gasteiger partial charge in [0.05, 0.1) is 0 Å². The highest BCUT2D eigenvalue weighted by molar-refractivity contribution is 5.95. The number of carbonyl (C=O) groups excluding carboxylic acids is 2. The Hall–Kier alpha value is -2.71. The molecule has 0 spiro atoms. The highest BCUT2D eigenvalue weighted by Crippen LogP contribution is 2.17. The van der Waals surface area contributed by atoms with Crippen molar-refractivity contribution in [2.24, 2.45) is 0 Å². The zero-order valence-electron chi connectivity index (χ0n) is 15.0. The number of benzene rings is 1. The molecular formula is C19H23N5O3. The predicted molar refractivity (Wildman–Crippen MR) is 99.2 cm³/mol. The Labute approximate surface area is 157 Å². The lowest BCUT2D eigenvalue weighted by molar-refractivity contribution is -0.124. The minimum atomic E-state index is -0.368. The Morgan fingerprint density at radius 2 is 2.26 bits per heavy atom. The molecule has 0 saturated carbocycles. The van der Waals surface area contributed by atoms with E-state index in [0.29, 0.717) is 31.1 Å². The average molecular weight is 369 g/mol. The van der Waals surface area contributed by atoms with Gasteiger partial charge in [-0.2, -0.15) is 5.10 Å². The molecule has 1 unspecified atom stereocenters. The summed E-state index contributed by atoms with van der Waals surface area (Å²) in [5.74, 6) is -0.325. The molecule has 1 aromatic carbocycles. The smallest absolute Gasteiger partial charge is 0.272 e. The number of anilines is 1. The van der Waals surface area contributed by atoms with E-state index in [1.165, 1.54) is 0 Å². The lowest BCUT2D eigenvalue weighted by Gasteiger charge is -2.13. The molecule has 0 aliphatic carbocycles. The van der Waals surface area contributed by atoms with Crippen LogP contribution in [0.4, 0.5) is 5.69 Å². The summed E-state index contributed by atoms with van der Waals surface area (Å²) in [7, 11) is 0. The second-order valence-corrected chi connectivity index (χ2v) is 6.83. The van der Waals surface area contributed by atoms with Crippen LogP contribution in [0.15, 0.2) is 24.3 Å². The van der Waals surface area contributed by atoms with Gasteiger partial charge < -0.3 is 20.7 Å². The van der Waals surface area contributed by atoms with Crippen LogP contribution < -0.4 is 16.0 Å². The molecule has 1 atom stereocenters. The molecule has 1 saturated heterocycles. The minimum absolute atomic E-state index is 0.121. The quantitative estimate of drug-likeness (QED) is 0.631. The number of hydrogen-bond acceptors (Lipinski definition) is 5. The van der Waals surface area contributed by atoms with E-state index in [4.69, 9.17) is 4.74 Å². The van der Waals surface area contributed by atoms with Crippen molar-refractivity contribution in [2.45, 2.75) is 38.5 Å². The summed E-state index contributed by atoms with van der Waals surface area (Å²) in [6.07, 6.45) is 2.15. The van der Waals surface area contributed by atoms with Crippen LogP contribution >= 0.6 is 0 Å². The Morgan fingerprint density at radius 1 is 1.33 bits per heavy atom. The van der Waals surface area contributed by atoms with Crippen LogP contribution in [0, 0.1) is 0 Å². The van der Waals surface area contributed by atoms with Crippen molar-refractivity contribution in [2.75, 3.05) is 18.5 Å². The van der Waals surface area contributed by atoms with Crippen LogP contribution in [0.2, 0.25) is 0 Å². The summed E-state index contributed by atoms with van der Waals surface area (Å²) >= 11 is 0. The Bertz CT molecular complexity index is 842. The van der Waals surface area contributed by atoms with Crippen molar-refractivity contribution < 1.29 is 14.3 Å². The molecule has 0 radical (unpaired) electrons. The van der Waals surface area contributed by atoms with Crippen LogP contribution in [-0.2, 0) is 29.0 Å².